The smallest absolute Gasteiger partial charge is 0.243 e. The van der Waals surface area contributed by atoms with Gasteiger partial charge in [0, 0.05) is 18.6 Å². The summed E-state index contributed by atoms with van der Waals surface area (Å²) in [5, 5.41) is 3.45. The van der Waals surface area contributed by atoms with Crippen molar-refractivity contribution < 1.29 is 13.2 Å². The molecule has 1 heterocycles. The summed E-state index contributed by atoms with van der Waals surface area (Å²) < 4.78 is 27.7. The van der Waals surface area contributed by atoms with Crippen LogP contribution in [-0.4, -0.2) is 37.3 Å². The molecule has 1 amide bonds. The maximum Gasteiger partial charge on any atom is 0.243 e. The number of carbonyl (C=O) groups is 1. The van der Waals surface area contributed by atoms with Crippen molar-refractivity contribution >= 4 is 15.9 Å². The molecule has 0 unspecified atom stereocenters. The number of carbonyl (C=O) groups excluding carboxylic acids is 1. The van der Waals surface area contributed by atoms with Crippen molar-refractivity contribution in [2.24, 2.45) is 23.7 Å². The van der Waals surface area contributed by atoms with Gasteiger partial charge < -0.3 is 5.32 Å². The quantitative estimate of drug-likeness (QED) is 0.817. The predicted octanol–water partition coefficient (Wildman–Crippen LogP) is 3.48. The van der Waals surface area contributed by atoms with E-state index in [0.717, 1.165) is 55.4 Å². The second-order valence-corrected chi connectivity index (χ2v) is 12.1. The highest BCUT2D eigenvalue weighted by molar-refractivity contribution is 7.89. The largest absolute Gasteiger partial charge is 0.350 e. The average Bonchev–Trinajstić information content (AvgIpc) is 2.67. The Hall–Kier alpha value is -1.40. The van der Waals surface area contributed by atoms with E-state index in [1.807, 2.05) is 19.1 Å². The lowest BCUT2D eigenvalue weighted by atomic mass is 9.53. The number of rotatable bonds is 4. The first-order valence-corrected chi connectivity index (χ1v) is 12.7. The topological polar surface area (TPSA) is 66.5 Å². The molecule has 4 saturated carbocycles. The molecule has 0 radical (unpaired) electrons. The van der Waals surface area contributed by atoms with Crippen LogP contribution in [0.4, 0.5) is 0 Å². The van der Waals surface area contributed by atoms with Crippen molar-refractivity contribution in [2.75, 3.05) is 13.1 Å². The van der Waals surface area contributed by atoms with Gasteiger partial charge in [-0.15, -0.1) is 0 Å². The Bertz CT molecular complexity index is 858. The summed E-state index contributed by atoms with van der Waals surface area (Å²) in [7, 11) is -3.55. The Kier molecular flexibility index (Phi) is 4.78. The average molecular weight is 417 g/mol. The Morgan fingerprint density at radius 2 is 1.62 bits per heavy atom. The maximum atomic E-state index is 13.2. The van der Waals surface area contributed by atoms with Gasteiger partial charge >= 0.3 is 0 Å². The summed E-state index contributed by atoms with van der Waals surface area (Å²) in [5.74, 6) is 2.19. The molecule has 5 aliphatic rings. The van der Waals surface area contributed by atoms with Crippen molar-refractivity contribution in [1.82, 2.24) is 9.62 Å². The van der Waals surface area contributed by atoms with Gasteiger partial charge in [0.1, 0.15) is 0 Å². The van der Waals surface area contributed by atoms with Crippen molar-refractivity contribution in [1.29, 1.82) is 0 Å². The van der Waals surface area contributed by atoms with Gasteiger partial charge in [0.05, 0.1) is 10.8 Å². The molecule has 5 fully saturated rings. The van der Waals surface area contributed by atoms with Crippen LogP contribution in [0.3, 0.4) is 0 Å². The molecular weight excluding hydrogens is 384 g/mol. The minimum Gasteiger partial charge on any atom is -0.350 e. The van der Waals surface area contributed by atoms with Crippen LogP contribution in [-0.2, 0) is 14.8 Å². The highest BCUT2D eigenvalue weighted by Crippen LogP contribution is 2.55. The molecule has 158 valence electrons. The molecule has 1 aromatic carbocycles. The first-order valence-electron chi connectivity index (χ1n) is 11.2. The summed E-state index contributed by atoms with van der Waals surface area (Å²) in [4.78, 5) is 13.5. The van der Waals surface area contributed by atoms with E-state index in [4.69, 9.17) is 0 Å². The summed E-state index contributed by atoms with van der Waals surface area (Å²) >= 11 is 0. The number of aryl methyl sites for hydroxylation is 1. The van der Waals surface area contributed by atoms with Gasteiger partial charge in [-0.05, 0) is 88.2 Å². The van der Waals surface area contributed by atoms with Crippen molar-refractivity contribution in [2.45, 2.75) is 68.7 Å². The van der Waals surface area contributed by atoms with E-state index in [0.29, 0.717) is 18.0 Å². The normalized spacial score (nSPS) is 36.9. The molecule has 4 aliphatic carbocycles. The fourth-order valence-corrected chi connectivity index (χ4v) is 8.39. The Balaban J connectivity index is 1.28. The van der Waals surface area contributed by atoms with Crippen LogP contribution in [0.5, 0.6) is 0 Å². The zero-order valence-corrected chi connectivity index (χ0v) is 18.1. The zero-order valence-electron chi connectivity index (χ0n) is 17.3. The summed E-state index contributed by atoms with van der Waals surface area (Å²) in [5.41, 5.74) is 1.03. The van der Waals surface area contributed by atoms with Crippen LogP contribution >= 0.6 is 0 Å². The first kappa shape index (κ1) is 19.6. The Labute approximate surface area is 174 Å². The second-order valence-electron chi connectivity index (χ2n) is 10.2. The number of nitrogens with zero attached hydrogens (tertiary/aromatic N) is 1. The van der Waals surface area contributed by atoms with Gasteiger partial charge in [-0.3, -0.25) is 4.79 Å². The SMILES string of the molecule is Cc1ccc(S(=O)(=O)N2CCC[C@@H](C(=O)NC34CC5CC(CC(C5)C3)C4)C2)cc1. The standard InChI is InChI=1S/C23H32N2O3S/c1-16-4-6-21(7-5-16)29(27,28)25-8-2-3-20(15-25)22(26)24-23-12-17-9-18(13-23)11-19(10-17)14-23/h4-7,17-20H,2-3,8-15H2,1H3,(H,24,26)/t17?,18?,19?,20-,23?/m1/s1. The molecule has 1 N–H and O–H groups in total. The maximum absolute atomic E-state index is 13.2. The van der Waals surface area contributed by atoms with Crippen LogP contribution in [0.15, 0.2) is 29.2 Å². The van der Waals surface area contributed by atoms with Crippen LogP contribution in [0.25, 0.3) is 0 Å². The highest BCUT2D eigenvalue weighted by Gasteiger charge is 2.52. The van der Waals surface area contributed by atoms with Gasteiger partial charge in [0.2, 0.25) is 15.9 Å². The van der Waals surface area contributed by atoms with Gasteiger partial charge in [-0.2, -0.15) is 4.31 Å². The molecule has 1 atom stereocenters. The first-order chi connectivity index (χ1) is 13.8. The third-order valence-electron chi connectivity index (χ3n) is 7.84. The van der Waals surface area contributed by atoms with Gasteiger partial charge in [0.25, 0.3) is 0 Å². The van der Waals surface area contributed by atoms with Crippen molar-refractivity contribution in [3.63, 3.8) is 0 Å². The monoisotopic (exact) mass is 416 g/mol. The number of hydrogen-bond donors (Lipinski definition) is 1. The molecular formula is C23H32N2O3S. The molecule has 1 aromatic rings. The van der Waals surface area contributed by atoms with E-state index in [2.05, 4.69) is 5.32 Å². The van der Waals surface area contributed by atoms with Gasteiger partial charge in [-0.25, -0.2) is 8.42 Å². The summed E-state index contributed by atoms with van der Waals surface area (Å²) in [6.45, 7) is 2.74. The summed E-state index contributed by atoms with van der Waals surface area (Å²) in [6, 6.07) is 7.00. The number of benzene rings is 1. The van der Waals surface area contributed by atoms with E-state index in [9.17, 15) is 13.2 Å². The lowest BCUT2D eigenvalue weighted by Crippen LogP contribution is -2.61. The van der Waals surface area contributed by atoms with Crippen LogP contribution in [0.2, 0.25) is 0 Å². The minimum absolute atomic E-state index is 0.00998. The third-order valence-corrected chi connectivity index (χ3v) is 9.72. The lowest BCUT2D eigenvalue weighted by Gasteiger charge is -2.57. The highest BCUT2D eigenvalue weighted by atomic mass is 32.2. The number of hydrogen-bond acceptors (Lipinski definition) is 3. The van der Waals surface area contributed by atoms with Crippen molar-refractivity contribution in [3.05, 3.63) is 29.8 Å². The van der Waals surface area contributed by atoms with E-state index in [1.54, 1.807) is 12.1 Å². The molecule has 6 rings (SSSR count). The van der Waals surface area contributed by atoms with E-state index in [-0.39, 0.29) is 17.4 Å². The van der Waals surface area contributed by atoms with Crippen molar-refractivity contribution in [3.8, 4) is 0 Å². The molecule has 1 saturated heterocycles. The Morgan fingerprint density at radius 3 is 2.21 bits per heavy atom. The number of nitrogens with one attached hydrogen (secondary N) is 1. The summed E-state index contributed by atoms with van der Waals surface area (Å²) in [6.07, 6.45) is 8.94. The molecule has 1 aliphatic heterocycles. The molecule has 0 aromatic heterocycles. The fourth-order valence-electron chi connectivity index (χ4n) is 6.86. The molecule has 29 heavy (non-hydrogen) atoms. The fraction of sp³-hybridized carbons (Fsp3) is 0.696. The lowest BCUT2D eigenvalue weighted by molar-refractivity contribution is -0.131. The second kappa shape index (κ2) is 7.09. The van der Waals surface area contributed by atoms with E-state index < -0.39 is 10.0 Å². The molecule has 4 bridgehead atoms. The van der Waals surface area contributed by atoms with E-state index >= 15 is 0 Å². The number of piperidine rings is 1. The number of amides is 1. The minimum atomic E-state index is -3.55. The predicted molar refractivity (Wildman–Crippen MR) is 112 cm³/mol. The van der Waals surface area contributed by atoms with Crippen LogP contribution in [0, 0.1) is 30.6 Å². The molecule has 0 spiro atoms. The zero-order chi connectivity index (χ0) is 20.2. The van der Waals surface area contributed by atoms with E-state index in [1.165, 1.54) is 23.6 Å². The van der Waals surface area contributed by atoms with Gasteiger partial charge in [0.15, 0.2) is 0 Å². The Morgan fingerprint density at radius 1 is 1.03 bits per heavy atom. The van der Waals surface area contributed by atoms with Crippen LogP contribution < -0.4 is 5.32 Å². The number of sulfonamides is 1. The molecule has 5 nitrogen and oxygen atoms in total. The third kappa shape index (κ3) is 3.63. The van der Waals surface area contributed by atoms with Crippen LogP contribution in [0.1, 0.15) is 56.9 Å². The van der Waals surface area contributed by atoms with Gasteiger partial charge in [-0.1, -0.05) is 17.7 Å². The molecule has 6 heteroatoms.